The lowest BCUT2D eigenvalue weighted by atomic mass is 10.2. The quantitative estimate of drug-likeness (QED) is 0.580. The van der Waals surface area contributed by atoms with E-state index in [1.165, 1.54) is 33.1 Å². The van der Waals surface area contributed by atoms with Crippen LogP contribution in [0.3, 0.4) is 0 Å². The number of aryl methyl sites for hydroxylation is 1. The fourth-order valence-corrected chi connectivity index (χ4v) is 2.78. The Morgan fingerprint density at radius 1 is 1.50 bits per heavy atom. The summed E-state index contributed by atoms with van der Waals surface area (Å²) in [5, 5.41) is 3.02. The summed E-state index contributed by atoms with van der Waals surface area (Å²) in [6.07, 6.45) is 2.59. The van der Waals surface area contributed by atoms with Crippen LogP contribution >= 0.6 is 30.1 Å². The van der Waals surface area contributed by atoms with Crippen LogP contribution < -0.4 is 0 Å². The van der Waals surface area contributed by atoms with Gasteiger partial charge in [-0.2, -0.15) is 0 Å². The van der Waals surface area contributed by atoms with Gasteiger partial charge in [0.2, 0.25) is 0 Å². The third-order valence-electron chi connectivity index (χ3n) is 3.27. The molecule has 0 atom stereocenters. The van der Waals surface area contributed by atoms with Crippen molar-refractivity contribution < 1.29 is 0 Å². The van der Waals surface area contributed by atoms with Gasteiger partial charge in [-0.05, 0) is 52.2 Å². The SMILES string of the molecule is CCn1c(C2CC2)nc2cc(C#CSI)ccc21. The molecule has 0 bridgehead atoms. The number of imidazole rings is 1. The van der Waals surface area contributed by atoms with Crippen molar-refractivity contribution in [2.24, 2.45) is 0 Å². The third-order valence-corrected chi connectivity index (χ3v) is 4.11. The lowest BCUT2D eigenvalue weighted by molar-refractivity contribution is 0.720. The normalized spacial score (nSPS) is 14.6. The van der Waals surface area contributed by atoms with Crippen molar-refractivity contribution >= 4 is 41.2 Å². The molecule has 0 unspecified atom stereocenters. The average molecular weight is 368 g/mol. The summed E-state index contributed by atoms with van der Waals surface area (Å²) in [6, 6.07) is 6.35. The molecule has 0 radical (unpaired) electrons. The van der Waals surface area contributed by atoms with E-state index in [4.69, 9.17) is 4.98 Å². The second-order valence-corrected chi connectivity index (χ2v) is 6.18. The smallest absolute Gasteiger partial charge is 0.112 e. The molecule has 18 heavy (non-hydrogen) atoms. The first-order chi connectivity index (χ1) is 8.83. The maximum absolute atomic E-state index is 4.80. The molecular formula is C14H13IN2S. The van der Waals surface area contributed by atoms with Crippen LogP contribution in [0.25, 0.3) is 11.0 Å². The van der Waals surface area contributed by atoms with Crippen molar-refractivity contribution in [2.45, 2.75) is 32.2 Å². The van der Waals surface area contributed by atoms with Crippen molar-refractivity contribution in [1.29, 1.82) is 0 Å². The van der Waals surface area contributed by atoms with Crippen LogP contribution in [0.2, 0.25) is 0 Å². The van der Waals surface area contributed by atoms with Crippen LogP contribution in [0, 0.1) is 11.2 Å². The molecule has 1 aliphatic carbocycles. The lowest BCUT2D eigenvalue weighted by Gasteiger charge is -2.03. The summed E-state index contributed by atoms with van der Waals surface area (Å²) in [5.41, 5.74) is 3.38. The summed E-state index contributed by atoms with van der Waals surface area (Å²) in [7, 11) is 1.51. The molecule has 1 heterocycles. The molecule has 1 fully saturated rings. The summed E-state index contributed by atoms with van der Waals surface area (Å²) in [6.45, 7) is 3.18. The highest BCUT2D eigenvalue weighted by Crippen LogP contribution is 2.40. The molecule has 1 aromatic heterocycles. The van der Waals surface area contributed by atoms with Gasteiger partial charge in [0.25, 0.3) is 0 Å². The zero-order chi connectivity index (χ0) is 12.5. The predicted octanol–water partition coefficient (Wildman–Crippen LogP) is 4.33. The zero-order valence-corrected chi connectivity index (χ0v) is 13.1. The maximum Gasteiger partial charge on any atom is 0.112 e. The molecule has 0 aliphatic heterocycles. The minimum absolute atomic E-state index is 0.691. The summed E-state index contributed by atoms with van der Waals surface area (Å²) < 4.78 is 2.34. The molecule has 0 amide bonds. The fourth-order valence-electron chi connectivity index (χ4n) is 2.29. The summed E-state index contributed by atoms with van der Waals surface area (Å²) in [4.78, 5) is 4.80. The number of halogens is 1. The van der Waals surface area contributed by atoms with Gasteiger partial charge in [0.15, 0.2) is 0 Å². The van der Waals surface area contributed by atoms with Crippen LogP contribution in [-0.4, -0.2) is 9.55 Å². The van der Waals surface area contributed by atoms with E-state index in [1.807, 2.05) is 0 Å². The van der Waals surface area contributed by atoms with Crippen LogP contribution in [0.1, 0.15) is 37.1 Å². The molecule has 1 aromatic carbocycles. The summed E-state index contributed by atoms with van der Waals surface area (Å²) >= 11 is 2.19. The topological polar surface area (TPSA) is 17.8 Å². The van der Waals surface area contributed by atoms with Gasteiger partial charge in [-0.25, -0.2) is 4.98 Å². The van der Waals surface area contributed by atoms with Crippen LogP contribution in [-0.2, 0) is 6.54 Å². The van der Waals surface area contributed by atoms with Crippen molar-refractivity contribution in [1.82, 2.24) is 9.55 Å². The Balaban J connectivity index is 2.11. The molecule has 3 rings (SSSR count). The number of fused-ring (bicyclic) bond motifs is 1. The van der Waals surface area contributed by atoms with E-state index in [9.17, 15) is 0 Å². The van der Waals surface area contributed by atoms with Gasteiger partial charge in [-0.3, -0.25) is 0 Å². The van der Waals surface area contributed by atoms with Crippen LogP contribution in [0.5, 0.6) is 0 Å². The molecule has 2 aromatic rings. The molecule has 1 saturated carbocycles. The molecule has 0 saturated heterocycles. The van der Waals surface area contributed by atoms with Crippen LogP contribution in [0.15, 0.2) is 18.2 Å². The fraction of sp³-hybridized carbons (Fsp3) is 0.357. The highest BCUT2D eigenvalue weighted by atomic mass is 127. The zero-order valence-electron chi connectivity index (χ0n) is 10.1. The molecule has 1 aliphatic rings. The standard InChI is InChI=1S/C14H13IN2S/c1-2-17-13-6-3-10(7-8-18-15)9-12(13)16-14(17)11-4-5-11/h3,6,9,11H,2,4-5H2,1H3. The Labute approximate surface area is 123 Å². The Bertz CT molecular complexity index is 647. The van der Waals surface area contributed by atoms with Gasteiger partial charge in [-0.15, -0.1) is 0 Å². The maximum atomic E-state index is 4.80. The molecular weight excluding hydrogens is 355 g/mol. The Morgan fingerprint density at radius 2 is 2.33 bits per heavy atom. The first-order valence-electron chi connectivity index (χ1n) is 6.12. The first kappa shape index (κ1) is 12.4. The van der Waals surface area contributed by atoms with Crippen LogP contribution in [0.4, 0.5) is 0 Å². The molecule has 2 nitrogen and oxygen atoms in total. The van der Waals surface area contributed by atoms with Crippen molar-refractivity contribution in [2.75, 3.05) is 0 Å². The number of rotatable bonds is 2. The monoisotopic (exact) mass is 368 g/mol. The summed E-state index contributed by atoms with van der Waals surface area (Å²) in [5.74, 6) is 5.09. The van der Waals surface area contributed by atoms with Crippen molar-refractivity contribution in [3.05, 3.63) is 29.6 Å². The van der Waals surface area contributed by atoms with Gasteiger partial charge in [-0.1, -0.05) is 5.92 Å². The molecule has 4 heteroatoms. The van der Waals surface area contributed by atoms with Crippen molar-refractivity contribution in [3.63, 3.8) is 0 Å². The second-order valence-electron chi connectivity index (χ2n) is 4.50. The molecule has 0 spiro atoms. The lowest BCUT2D eigenvalue weighted by Crippen LogP contribution is -1.99. The van der Waals surface area contributed by atoms with E-state index in [-0.39, 0.29) is 0 Å². The van der Waals surface area contributed by atoms with Gasteiger partial charge in [0.1, 0.15) is 5.82 Å². The van der Waals surface area contributed by atoms with Gasteiger partial charge >= 0.3 is 0 Å². The van der Waals surface area contributed by atoms with E-state index < -0.39 is 0 Å². The number of hydrogen-bond acceptors (Lipinski definition) is 2. The Kier molecular flexibility index (Phi) is 3.53. The average Bonchev–Trinajstić information content (AvgIpc) is 3.17. The van der Waals surface area contributed by atoms with Gasteiger partial charge in [0.05, 0.1) is 11.0 Å². The van der Waals surface area contributed by atoms with Crippen molar-refractivity contribution in [3.8, 4) is 11.2 Å². The third kappa shape index (κ3) is 2.26. The Morgan fingerprint density at radius 3 is 3.00 bits per heavy atom. The minimum atomic E-state index is 0.691. The minimum Gasteiger partial charge on any atom is -0.328 e. The number of hydrogen-bond donors (Lipinski definition) is 0. The highest BCUT2D eigenvalue weighted by Gasteiger charge is 2.29. The second kappa shape index (κ2) is 5.14. The van der Waals surface area contributed by atoms with E-state index >= 15 is 0 Å². The molecule has 0 N–H and O–H groups in total. The Hall–Kier alpha value is -0.670. The largest absolute Gasteiger partial charge is 0.328 e. The van der Waals surface area contributed by atoms with E-state index in [2.05, 4.69) is 62.1 Å². The van der Waals surface area contributed by atoms with E-state index in [1.54, 1.807) is 0 Å². The highest BCUT2D eigenvalue weighted by molar-refractivity contribution is 14.2. The van der Waals surface area contributed by atoms with Gasteiger partial charge < -0.3 is 4.57 Å². The molecule has 92 valence electrons. The van der Waals surface area contributed by atoms with E-state index in [0.717, 1.165) is 17.6 Å². The van der Waals surface area contributed by atoms with Gasteiger partial charge in [0, 0.05) is 39.2 Å². The first-order valence-corrected chi connectivity index (χ1v) is 9.48. The number of nitrogens with zero attached hydrogens (tertiary/aromatic N) is 2. The van der Waals surface area contributed by atoms with E-state index in [0.29, 0.717) is 5.92 Å². The number of benzene rings is 1. The number of aromatic nitrogens is 2. The predicted molar refractivity (Wildman–Crippen MR) is 85.9 cm³/mol.